The fourth-order valence-corrected chi connectivity index (χ4v) is 3.09. The molecule has 1 amide bonds. The molecular formula is C22H27BrN2O3S. The third kappa shape index (κ3) is 8.03. The van der Waals surface area contributed by atoms with Crippen LogP contribution in [0.4, 0.5) is 5.69 Å². The van der Waals surface area contributed by atoms with Crippen LogP contribution in [-0.2, 0) is 0 Å². The summed E-state index contributed by atoms with van der Waals surface area (Å²) in [6, 6.07) is 12.7. The number of thiocarbonyl (C=S) groups is 1. The molecule has 2 aromatic rings. The predicted molar refractivity (Wildman–Crippen MR) is 125 cm³/mol. The van der Waals surface area contributed by atoms with Gasteiger partial charge in [-0.1, -0.05) is 26.8 Å². The lowest BCUT2D eigenvalue weighted by molar-refractivity contribution is 0.0977. The van der Waals surface area contributed by atoms with E-state index in [-0.39, 0.29) is 11.0 Å². The molecule has 2 rings (SSSR count). The normalized spacial score (nSPS) is 10.5. The first-order chi connectivity index (χ1) is 13.9. The standard InChI is InChI=1S/C22H27BrN2O3S/c1-4-11-27-18-7-5-6-17(14-18)24-22(29)25-21(26)16-8-9-20(19(23)13-16)28-12-10-15(2)3/h5-9,13-15H,4,10-12H2,1-3H3,(H2,24,25,26,29). The molecule has 7 heteroatoms. The summed E-state index contributed by atoms with van der Waals surface area (Å²) in [5, 5.41) is 5.92. The summed E-state index contributed by atoms with van der Waals surface area (Å²) in [5.41, 5.74) is 1.23. The Balaban J connectivity index is 1.92. The second-order valence-electron chi connectivity index (χ2n) is 6.96. The second kappa shape index (κ2) is 11.8. The summed E-state index contributed by atoms with van der Waals surface area (Å²) in [5.74, 6) is 1.75. The number of hydrogen-bond donors (Lipinski definition) is 2. The molecule has 5 nitrogen and oxygen atoms in total. The number of carbonyl (C=O) groups excluding carboxylic acids is 1. The predicted octanol–water partition coefficient (Wildman–Crippen LogP) is 5.79. The fourth-order valence-electron chi connectivity index (χ4n) is 2.38. The average molecular weight is 479 g/mol. The van der Waals surface area contributed by atoms with Gasteiger partial charge in [0.05, 0.1) is 17.7 Å². The van der Waals surface area contributed by atoms with Gasteiger partial charge in [0.15, 0.2) is 5.11 Å². The van der Waals surface area contributed by atoms with Gasteiger partial charge >= 0.3 is 0 Å². The number of ether oxygens (including phenoxy) is 2. The highest BCUT2D eigenvalue weighted by Gasteiger charge is 2.11. The fraction of sp³-hybridized carbons (Fsp3) is 0.364. The third-order valence-electron chi connectivity index (χ3n) is 3.94. The molecule has 0 aromatic heterocycles. The van der Waals surface area contributed by atoms with Crippen LogP contribution in [0.15, 0.2) is 46.9 Å². The third-order valence-corrected chi connectivity index (χ3v) is 4.76. The number of hydrogen-bond acceptors (Lipinski definition) is 4. The van der Waals surface area contributed by atoms with E-state index in [9.17, 15) is 4.79 Å². The van der Waals surface area contributed by atoms with Crippen LogP contribution in [0.5, 0.6) is 11.5 Å². The van der Waals surface area contributed by atoms with Crippen LogP contribution in [-0.4, -0.2) is 24.2 Å². The van der Waals surface area contributed by atoms with Gasteiger partial charge in [-0.05, 0) is 77.2 Å². The average Bonchev–Trinajstić information content (AvgIpc) is 2.67. The minimum Gasteiger partial charge on any atom is -0.494 e. The molecule has 0 atom stereocenters. The summed E-state index contributed by atoms with van der Waals surface area (Å²) in [4.78, 5) is 12.5. The van der Waals surface area contributed by atoms with Gasteiger partial charge in [0.25, 0.3) is 5.91 Å². The van der Waals surface area contributed by atoms with Crippen molar-refractivity contribution in [1.29, 1.82) is 0 Å². The van der Waals surface area contributed by atoms with E-state index in [4.69, 9.17) is 21.7 Å². The van der Waals surface area contributed by atoms with Crippen LogP contribution < -0.4 is 20.1 Å². The lowest BCUT2D eigenvalue weighted by Gasteiger charge is -2.13. The van der Waals surface area contributed by atoms with E-state index in [1.807, 2.05) is 24.3 Å². The van der Waals surface area contributed by atoms with E-state index in [0.717, 1.165) is 28.8 Å². The van der Waals surface area contributed by atoms with Gasteiger partial charge in [0.2, 0.25) is 0 Å². The summed E-state index contributed by atoms with van der Waals surface area (Å²) in [7, 11) is 0. The zero-order valence-electron chi connectivity index (χ0n) is 17.0. The zero-order chi connectivity index (χ0) is 21.2. The lowest BCUT2D eigenvalue weighted by Crippen LogP contribution is -2.34. The first-order valence-electron chi connectivity index (χ1n) is 9.66. The monoisotopic (exact) mass is 478 g/mol. The SMILES string of the molecule is CCCOc1cccc(NC(=S)NC(=O)c2ccc(OCCC(C)C)c(Br)c2)c1. The van der Waals surface area contributed by atoms with E-state index in [1.54, 1.807) is 18.2 Å². The number of benzene rings is 2. The summed E-state index contributed by atoms with van der Waals surface area (Å²) >= 11 is 8.73. The lowest BCUT2D eigenvalue weighted by atomic mass is 10.1. The Kier molecular flexibility index (Phi) is 9.41. The maximum Gasteiger partial charge on any atom is 0.257 e. The number of amides is 1. The van der Waals surface area contributed by atoms with Crippen LogP contribution in [0.25, 0.3) is 0 Å². The van der Waals surface area contributed by atoms with Gasteiger partial charge in [0.1, 0.15) is 11.5 Å². The van der Waals surface area contributed by atoms with Crippen molar-refractivity contribution in [2.45, 2.75) is 33.6 Å². The summed E-state index contributed by atoms with van der Waals surface area (Å²) in [6.07, 6.45) is 1.91. The largest absolute Gasteiger partial charge is 0.494 e. The number of halogens is 1. The molecule has 156 valence electrons. The highest BCUT2D eigenvalue weighted by Crippen LogP contribution is 2.26. The van der Waals surface area contributed by atoms with Crippen molar-refractivity contribution in [3.8, 4) is 11.5 Å². The van der Waals surface area contributed by atoms with Gasteiger partial charge in [-0.3, -0.25) is 10.1 Å². The molecule has 0 saturated heterocycles. The van der Waals surface area contributed by atoms with E-state index >= 15 is 0 Å². The molecule has 0 aliphatic rings. The van der Waals surface area contributed by atoms with Crippen molar-refractivity contribution in [3.63, 3.8) is 0 Å². The molecule has 0 unspecified atom stereocenters. The molecule has 0 bridgehead atoms. The molecule has 0 aliphatic carbocycles. The van der Waals surface area contributed by atoms with E-state index in [2.05, 4.69) is 47.3 Å². The molecular weight excluding hydrogens is 452 g/mol. The highest BCUT2D eigenvalue weighted by atomic mass is 79.9. The zero-order valence-corrected chi connectivity index (χ0v) is 19.4. The Labute approximate surface area is 186 Å². The molecule has 0 aliphatic heterocycles. The van der Waals surface area contributed by atoms with Crippen LogP contribution in [0, 0.1) is 5.92 Å². The Morgan fingerprint density at radius 3 is 2.62 bits per heavy atom. The van der Waals surface area contributed by atoms with Crippen molar-refractivity contribution in [3.05, 3.63) is 52.5 Å². The minimum atomic E-state index is -0.296. The molecule has 0 saturated carbocycles. The van der Waals surface area contributed by atoms with Crippen molar-refractivity contribution in [2.24, 2.45) is 5.92 Å². The maximum atomic E-state index is 12.5. The van der Waals surface area contributed by atoms with Gasteiger partial charge in [-0.25, -0.2) is 0 Å². The number of anilines is 1. The Morgan fingerprint density at radius 1 is 1.14 bits per heavy atom. The Bertz CT molecular complexity index is 843. The molecule has 0 spiro atoms. The minimum absolute atomic E-state index is 0.219. The second-order valence-corrected chi connectivity index (χ2v) is 8.22. The van der Waals surface area contributed by atoms with Crippen molar-refractivity contribution in [1.82, 2.24) is 5.32 Å². The van der Waals surface area contributed by atoms with E-state index in [1.165, 1.54) is 0 Å². The van der Waals surface area contributed by atoms with Gasteiger partial charge < -0.3 is 14.8 Å². The molecule has 0 fully saturated rings. The van der Waals surface area contributed by atoms with Crippen molar-refractivity contribution in [2.75, 3.05) is 18.5 Å². The van der Waals surface area contributed by atoms with Crippen LogP contribution in [0.2, 0.25) is 0 Å². The number of carbonyl (C=O) groups is 1. The highest BCUT2D eigenvalue weighted by molar-refractivity contribution is 9.10. The topological polar surface area (TPSA) is 59.6 Å². The Morgan fingerprint density at radius 2 is 1.93 bits per heavy atom. The first-order valence-corrected chi connectivity index (χ1v) is 10.9. The molecule has 29 heavy (non-hydrogen) atoms. The first kappa shape index (κ1) is 23.2. The maximum absolute atomic E-state index is 12.5. The van der Waals surface area contributed by atoms with E-state index < -0.39 is 0 Å². The van der Waals surface area contributed by atoms with Gasteiger partial charge in [0, 0.05) is 17.3 Å². The van der Waals surface area contributed by atoms with Crippen LogP contribution in [0.1, 0.15) is 44.0 Å². The number of nitrogens with one attached hydrogen (secondary N) is 2. The quantitative estimate of drug-likeness (QED) is 0.446. The summed E-state index contributed by atoms with van der Waals surface area (Å²) < 4.78 is 12.1. The molecule has 2 aromatic carbocycles. The van der Waals surface area contributed by atoms with Crippen LogP contribution >= 0.6 is 28.1 Å². The summed E-state index contributed by atoms with van der Waals surface area (Å²) in [6.45, 7) is 7.64. The van der Waals surface area contributed by atoms with Crippen LogP contribution in [0.3, 0.4) is 0 Å². The van der Waals surface area contributed by atoms with Gasteiger partial charge in [-0.2, -0.15) is 0 Å². The Hall–Kier alpha value is -2.12. The smallest absolute Gasteiger partial charge is 0.257 e. The van der Waals surface area contributed by atoms with Crippen molar-refractivity contribution < 1.29 is 14.3 Å². The molecule has 0 heterocycles. The van der Waals surface area contributed by atoms with Gasteiger partial charge in [-0.15, -0.1) is 0 Å². The van der Waals surface area contributed by atoms with Crippen molar-refractivity contribution >= 4 is 44.9 Å². The molecule has 0 radical (unpaired) electrons. The number of rotatable bonds is 9. The van der Waals surface area contributed by atoms with E-state index in [0.29, 0.717) is 30.4 Å². The molecule has 2 N–H and O–H groups in total.